The van der Waals surface area contributed by atoms with Gasteiger partial charge in [-0.1, -0.05) is 23.8 Å². The third kappa shape index (κ3) is 3.98. The zero-order valence-electron chi connectivity index (χ0n) is 17.0. The fourth-order valence-corrected chi connectivity index (χ4v) is 3.92. The molecule has 0 spiro atoms. The van der Waals surface area contributed by atoms with Crippen LogP contribution >= 0.6 is 0 Å². The van der Waals surface area contributed by atoms with E-state index in [0.717, 1.165) is 22.3 Å². The van der Waals surface area contributed by atoms with Crippen LogP contribution in [0.3, 0.4) is 0 Å². The van der Waals surface area contributed by atoms with E-state index in [0.29, 0.717) is 26.2 Å². The smallest absolute Gasteiger partial charge is 0.317 e. The average molecular weight is 395 g/mol. The molecule has 152 valence electrons. The number of halogens is 1. The van der Waals surface area contributed by atoms with Crippen molar-refractivity contribution >= 4 is 16.9 Å². The number of morpholine rings is 1. The number of urea groups is 1. The maximum Gasteiger partial charge on any atom is 0.317 e. The second-order valence-electron chi connectivity index (χ2n) is 7.74. The number of benzene rings is 2. The van der Waals surface area contributed by atoms with Crippen LogP contribution in [0.1, 0.15) is 34.1 Å². The predicted octanol–water partition coefficient (Wildman–Crippen LogP) is 4.52. The lowest BCUT2D eigenvalue weighted by Gasteiger charge is -2.33. The molecule has 0 aliphatic carbocycles. The van der Waals surface area contributed by atoms with Crippen molar-refractivity contribution in [3.05, 3.63) is 70.2 Å². The summed E-state index contributed by atoms with van der Waals surface area (Å²) in [5.41, 5.74) is 6.60. The highest BCUT2D eigenvalue weighted by atomic mass is 19.1. The van der Waals surface area contributed by atoms with E-state index in [-0.39, 0.29) is 18.0 Å². The molecule has 0 radical (unpaired) electrons. The Morgan fingerprint density at radius 2 is 2.00 bits per heavy atom. The molecule has 6 heteroatoms. The molecule has 1 saturated heterocycles. The number of hydrogen-bond donors (Lipinski definition) is 2. The zero-order valence-corrected chi connectivity index (χ0v) is 17.0. The number of carbonyl (C=O) groups is 1. The van der Waals surface area contributed by atoms with E-state index >= 15 is 0 Å². The monoisotopic (exact) mass is 395 g/mol. The number of hydrogen-bond acceptors (Lipinski definition) is 2. The summed E-state index contributed by atoms with van der Waals surface area (Å²) in [7, 11) is 0. The standard InChI is InChI=1S/C23H26FN3O2/c1-14-10-18(22-20(11-14)15(2)16(3)26-22)12-25-23(28)27-8-9-29-21(13-27)17-4-6-19(24)7-5-17/h4-7,10-11,21,26H,8-9,12-13H2,1-3H3,(H,25,28)/t21-/m0/s1. The maximum absolute atomic E-state index is 13.2. The average Bonchev–Trinajstić information content (AvgIpc) is 3.01. The van der Waals surface area contributed by atoms with Gasteiger partial charge in [-0.05, 0) is 55.7 Å². The van der Waals surface area contributed by atoms with Crippen LogP contribution in [0.15, 0.2) is 36.4 Å². The van der Waals surface area contributed by atoms with Crippen LogP contribution in [0.2, 0.25) is 0 Å². The first kappa shape index (κ1) is 19.5. The summed E-state index contributed by atoms with van der Waals surface area (Å²) in [4.78, 5) is 18.0. The Kier molecular flexibility index (Phi) is 5.28. The minimum absolute atomic E-state index is 0.116. The summed E-state index contributed by atoms with van der Waals surface area (Å²) in [6, 6.07) is 10.4. The quantitative estimate of drug-likeness (QED) is 0.685. The minimum Gasteiger partial charge on any atom is -0.370 e. The molecular formula is C23H26FN3O2. The molecule has 1 fully saturated rings. The topological polar surface area (TPSA) is 57.4 Å². The molecule has 2 heterocycles. The number of fused-ring (bicyclic) bond motifs is 1. The van der Waals surface area contributed by atoms with E-state index in [1.54, 1.807) is 17.0 Å². The Balaban J connectivity index is 1.45. The molecule has 29 heavy (non-hydrogen) atoms. The largest absolute Gasteiger partial charge is 0.370 e. The fourth-order valence-electron chi connectivity index (χ4n) is 3.92. The van der Waals surface area contributed by atoms with Gasteiger partial charge < -0.3 is 19.9 Å². The minimum atomic E-state index is -0.279. The second-order valence-corrected chi connectivity index (χ2v) is 7.74. The summed E-state index contributed by atoms with van der Waals surface area (Å²) < 4.78 is 19.0. The highest BCUT2D eigenvalue weighted by Gasteiger charge is 2.25. The summed E-state index contributed by atoms with van der Waals surface area (Å²) in [6.07, 6.45) is -0.241. The first-order valence-electron chi connectivity index (χ1n) is 9.90. The Bertz CT molecular complexity index is 1040. The van der Waals surface area contributed by atoms with Crippen molar-refractivity contribution in [1.82, 2.24) is 15.2 Å². The Morgan fingerprint density at radius 3 is 2.76 bits per heavy atom. The van der Waals surface area contributed by atoms with Crippen molar-refractivity contribution in [2.24, 2.45) is 0 Å². The molecule has 2 aromatic carbocycles. The van der Waals surface area contributed by atoms with E-state index in [1.165, 1.54) is 28.6 Å². The molecule has 1 atom stereocenters. The number of carbonyl (C=O) groups excluding carboxylic acids is 1. The molecule has 2 N–H and O–H groups in total. The molecule has 4 rings (SSSR count). The number of aromatic amines is 1. The third-order valence-corrected chi connectivity index (χ3v) is 5.67. The van der Waals surface area contributed by atoms with Crippen molar-refractivity contribution in [2.45, 2.75) is 33.4 Å². The molecule has 0 saturated carbocycles. The Labute approximate surface area is 169 Å². The molecule has 5 nitrogen and oxygen atoms in total. The molecule has 0 unspecified atom stereocenters. The Morgan fingerprint density at radius 1 is 1.24 bits per heavy atom. The maximum atomic E-state index is 13.2. The fraction of sp³-hybridized carbons (Fsp3) is 0.348. The molecule has 1 aliphatic heterocycles. The normalized spacial score (nSPS) is 17.0. The van der Waals surface area contributed by atoms with Crippen LogP contribution < -0.4 is 5.32 Å². The molecule has 0 bridgehead atoms. The zero-order chi connectivity index (χ0) is 20.5. The third-order valence-electron chi connectivity index (χ3n) is 5.67. The van der Waals surface area contributed by atoms with E-state index in [1.807, 2.05) is 0 Å². The van der Waals surface area contributed by atoms with Crippen molar-refractivity contribution in [3.8, 4) is 0 Å². The van der Waals surface area contributed by atoms with Gasteiger partial charge in [-0.15, -0.1) is 0 Å². The van der Waals surface area contributed by atoms with Gasteiger partial charge in [0.1, 0.15) is 11.9 Å². The summed E-state index contributed by atoms with van der Waals surface area (Å²) in [6.45, 7) is 8.14. The van der Waals surface area contributed by atoms with E-state index < -0.39 is 0 Å². The highest BCUT2D eigenvalue weighted by Crippen LogP contribution is 2.26. The van der Waals surface area contributed by atoms with Crippen LogP contribution in [0, 0.1) is 26.6 Å². The number of nitrogens with one attached hydrogen (secondary N) is 2. The van der Waals surface area contributed by atoms with Crippen LogP contribution in [0.4, 0.5) is 9.18 Å². The van der Waals surface area contributed by atoms with E-state index in [2.05, 4.69) is 43.2 Å². The van der Waals surface area contributed by atoms with Crippen molar-refractivity contribution < 1.29 is 13.9 Å². The van der Waals surface area contributed by atoms with Crippen molar-refractivity contribution in [2.75, 3.05) is 19.7 Å². The van der Waals surface area contributed by atoms with Gasteiger partial charge in [-0.3, -0.25) is 0 Å². The number of nitrogens with zero attached hydrogens (tertiary/aromatic N) is 1. The first-order chi connectivity index (χ1) is 13.9. The predicted molar refractivity (Wildman–Crippen MR) is 111 cm³/mol. The van der Waals surface area contributed by atoms with Crippen molar-refractivity contribution in [3.63, 3.8) is 0 Å². The number of ether oxygens (including phenoxy) is 1. The summed E-state index contributed by atoms with van der Waals surface area (Å²) in [5, 5.41) is 4.25. The molecule has 1 aliphatic rings. The Hall–Kier alpha value is -2.86. The molecule has 2 amide bonds. The summed E-state index contributed by atoms with van der Waals surface area (Å²) >= 11 is 0. The number of H-pyrrole nitrogens is 1. The molecule has 3 aromatic rings. The summed E-state index contributed by atoms with van der Waals surface area (Å²) in [5.74, 6) is -0.279. The van der Waals surface area contributed by atoms with Gasteiger partial charge >= 0.3 is 6.03 Å². The lowest BCUT2D eigenvalue weighted by atomic mass is 10.0. The van der Waals surface area contributed by atoms with Crippen LogP contribution in [0.5, 0.6) is 0 Å². The van der Waals surface area contributed by atoms with E-state index in [9.17, 15) is 9.18 Å². The lowest BCUT2D eigenvalue weighted by molar-refractivity contribution is -0.0155. The lowest BCUT2D eigenvalue weighted by Crippen LogP contribution is -2.47. The van der Waals surface area contributed by atoms with Gasteiger partial charge in [-0.25, -0.2) is 9.18 Å². The SMILES string of the molecule is Cc1cc(CNC(=O)N2CCO[C@H](c3ccc(F)cc3)C2)c2[nH]c(C)c(C)c2c1. The van der Waals surface area contributed by atoms with Gasteiger partial charge in [0.2, 0.25) is 0 Å². The van der Waals surface area contributed by atoms with Crippen molar-refractivity contribution in [1.29, 1.82) is 0 Å². The van der Waals surface area contributed by atoms with Crippen LogP contribution in [0.25, 0.3) is 10.9 Å². The van der Waals surface area contributed by atoms with Gasteiger partial charge in [0.25, 0.3) is 0 Å². The van der Waals surface area contributed by atoms with Gasteiger partial charge in [0, 0.05) is 24.2 Å². The van der Waals surface area contributed by atoms with Gasteiger partial charge in [-0.2, -0.15) is 0 Å². The van der Waals surface area contributed by atoms with Gasteiger partial charge in [0.05, 0.1) is 18.7 Å². The number of rotatable bonds is 3. The second kappa shape index (κ2) is 7.87. The number of aromatic nitrogens is 1. The highest BCUT2D eigenvalue weighted by molar-refractivity contribution is 5.88. The molecule has 1 aromatic heterocycles. The first-order valence-corrected chi connectivity index (χ1v) is 9.90. The van der Waals surface area contributed by atoms with Gasteiger partial charge in [0.15, 0.2) is 0 Å². The van der Waals surface area contributed by atoms with E-state index in [4.69, 9.17) is 4.74 Å². The molecular weight excluding hydrogens is 369 g/mol. The van der Waals surface area contributed by atoms with Crippen LogP contribution in [-0.4, -0.2) is 35.6 Å². The van der Waals surface area contributed by atoms with Crippen LogP contribution in [-0.2, 0) is 11.3 Å². The number of amides is 2. The number of aryl methyl sites for hydroxylation is 3.